The molecular weight excluding hydrogens is 212 g/mol. The van der Waals surface area contributed by atoms with E-state index in [1.54, 1.807) is 0 Å². The fraction of sp³-hybridized carbons (Fsp3) is 0.533. The maximum Gasteiger partial charge on any atom is 0.302 e. The molecule has 2 heteroatoms. The van der Waals surface area contributed by atoms with Crippen LogP contribution in [0.15, 0.2) is 30.3 Å². The average molecular weight is 230 g/mol. The Labute approximate surface area is 102 Å². The van der Waals surface area contributed by atoms with Crippen molar-refractivity contribution >= 4 is 5.97 Å². The molecule has 3 atom stereocenters. The van der Waals surface area contributed by atoms with Gasteiger partial charge in [-0.2, -0.15) is 0 Å². The van der Waals surface area contributed by atoms with E-state index >= 15 is 0 Å². The van der Waals surface area contributed by atoms with E-state index in [4.69, 9.17) is 4.74 Å². The first kappa shape index (κ1) is 10.8. The van der Waals surface area contributed by atoms with Gasteiger partial charge in [0.15, 0.2) is 0 Å². The number of hydrogen-bond donors (Lipinski definition) is 0. The highest BCUT2D eigenvalue weighted by Gasteiger charge is 2.54. The van der Waals surface area contributed by atoms with Gasteiger partial charge in [0.25, 0.3) is 0 Å². The largest absolute Gasteiger partial charge is 0.462 e. The van der Waals surface area contributed by atoms with Crippen LogP contribution in [0.1, 0.15) is 38.2 Å². The van der Waals surface area contributed by atoms with Gasteiger partial charge in [0.05, 0.1) is 0 Å². The van der Waals surface area contributed by atoms with E-state index in [0.717, 1.165) is 12.3 Å². The zero-order chi connectivity index (χ0) is 11.9. The second kappa shape index (κ2) is 3.86. The van der Waals surface area contributed by atoms with Crippen molar-refractivity contribution in [2.75, 3.05) is 0 Å². The van der Waals surface area contributed by atoms with Crippen LogP contribution in [0.25, 0.3) is 0 Å². The van der Waals surface area contributed by atoms with Gasteiger partial charge in [-0.05, 0) is 37.2 Å². The summed E-state index contributed by atoms with van der Waals surface area (Å²) >= 11 is 0. The Kier molecular flexibility index (Phi) is 2.46. The summed E-state index contributed by atoms with van der Waals surface area (Å²) in [6.07, 6.45) is 4.79. The van der Waals surface area contributed by atoms with Gasteiger partial charge in [0.1, 0.15) is 6.10 Å². The highest BCUT2D eigenvalue weighted by Crippen LogP contribution is 2.56. The van der Waals surface area contributed by atoms with Crippen LogP contribution in [-0.4, -0.2) is 12.1 Å². The van der Waals surface area contributed by atoms with E-state index in [9.17, 15) is 4.79 Å². The molecule has 0 aromatic heterocycles. The maximum atomic E-state index is 11.2. The lowest BCUT2D eigenvalue weighted by atomic mass is 9.75. The van der Waals surface area contributed by atoms with Crippen molar-refractivity contribution in [2.45, 2.75) is 44.1 Å². The molecule has 2 fully saturated rings. The predicted molar refractivity (Wildman–Crippen MR) is 65.6 cm³/mol. The molecule has 1 aromatic carbocycles. The molecule has 0 spiro atoms. The van der Waals surface area contributed by atoms with E-state index in [1.807, 2.05) is 6.07 Å². The summed E-state index contributed by atoms with van der Waals surface area (Å²) in [5, 5.41) is 0. The van der Waals surface area contributed by atoms with Crippen molar-refractivity contribution in [1.29, 1.82) is 0 Å². The minimum absolute atomic E-state index is 0.0983. The van der Waals surface area contributed by atoms with Crippen molar-refractivity contribution in [2.24, 2.45) is 5.92 Å². The molecule has 0 unspecified atom stereocenters. The SMILES string of the molecule is CC(=O)O[C@@H]1C[C@H]2CC[C@@]1(c1ccccc1)C2. The van der Waals surface area contributed by atoms with E-state index in [0.29, 0.717) is 0 Å². The molecule has 1 aromatic rings. The lowest BCUT2D eigenvalue weighted by Crippen LogP contribution is -2.37. The first-order chi connectivity index (χ1) is 8.21. The zero-order valence-electron chi connectivity index (χ0n) is 10.2. The lowest BCUT2D eigenvalue weighted by Gasteiger charge is -2.34. The molecule has 0 heterocycles. The van der Waals surface area contributed by atoms with Crippen molar-refractivity contribution in [3.05, 3.63) is 35.9 Å². The standard InChI is InChI=1S/C15H18O2/c1-11(16)17-14-9-12-7-8-15(14,10-12)13-5-3-2-4-6-13/h2-6,12,14H,7-10H2,1H3/t12-,14-,15+/m1/s1. The zero-order valence-corrected chi connectivity index (χ0v) is 10.2. The van der Waals surface area contributed by atoms with Gasteiger partial charge in [-0.1, -0.05) is 30.3 Å². The number of benzene rings is 1. The first-order valence-corrected chi connectivity index (χ1v) is 6.43. The average Bonchev–Trinajstić information content (AvgIpc) is 2.88. The molecule has 0 amide bonds. The van der Waals surface area contributed by atoms with Gasteiger partial charge in [0.2, 0.25) is 0 Å². The Balaban J connectivity index is 1.95. The van der Waals surface area contributed by atoms with E-state index in [-0.39, 0.29) is 17.5 Å². The van der Waals surface area contributed by atoms with Gasteiger partial charge >= 0.3 is 5.97 Å². The molecule has 17 heavy (non-hydrogen) atoms. The molecule has 2 saturated carbocycles. The predicted octanol–water partition coefficient (Wildman–Crippen LogP) is 3.06. The van der Waals surface area contributed by atoms with Crippen LogP contribution in [0.5, 0.6) is 0 Å². The molecule has 0 aliphatic heterocycles. The molecule has 2 nitrogen and oxygen atoms in total. The Morgan fingerprint density at radius 2 is 2.12 bits per heavy atom. The van der Waals surface area contributed by atoms with Crippen molar-refractivity contribution in [3.8, 4) is 0 Å². The third-order valence-electron chi connectivity index (χ3n) is 4.47. The molecular formula is C15H18O2. The number of esters is 1. The van der Waals surface area contributed by atoms with Crippen LogP contribution < -0.4 is 0 Å². The highest BCUT2D eigenvalue weighted by atomic mass is 16.5. The number of hydrogen-bond acceptors (Lipinski definition) is 2. The normalized spacial score (nSPS) is 34.9. The minimum atomic E-state index is -0.141. The monoisotopic (exact) mass is 230 g/mol. The third kappa shape index (κ3) is 1.67. The molecule has 0 N–H and O–H groups in total. The fourth-order valence-corrected chi connectivity index (χ4v) is 3.78. The van der Waals surface area contributed by atoms with Gasteiger partial charge in [0, 0.05) is 12.3 Å². The second-order valence-corrected chi connectivity index (χ2v) is 5.46. The molecule has 2 aliphatic carbocycles. The summed E-state index contributed by atoms with van der Waals surface area (Å²) in [5.41, 5.74) is 1.46. The summed E-state index contributed by atoms with van der Waals surface area (Å²) in [7, 11) is 0. The van der Waals surface area contributed by atoms with Crippen molar-refractivity contribution in [1.82, 2.24) is 0 Å². The highest BCUT2D eigenvalue weighted by molar-refractivity contribution is 5.66. The maximum absolute atomic E-state index is 11.2. The van der Waals surface area contributed by atoms with Crippen molar-refractivity contribution in [3.63, 3.8) is 0 Å². The van der Waals surface area contributed by atoms with E-state index in [1.165, 1.54) is 31.7 Å². The van der Waals surface area contributed by atoms with E-state index < -0.39 is 0 Å². The van der Waals surface area contributed by atoms with Crippen LogP contribution in [0.3, 0.4) is 0 Å². The quantitative estimate of drug-likeness (QED) is 0.730. The van der Waals surface area contributed by atoms with Gasteiger partial charge in [-0.25, -0.2) is 0 Å². The number of ether oxygens (including phenoxy) is 1. The van der Waals surface area contributed by atoms with Gasteiger partial charge in [-0.3, -0.25) is 4.79 Å². The number of fused-ring (bicyclic) bond motifs is 2. The number of carbonyl (C=O) groups is 1. The molecule has 0 saturated heterocycles. The van der Waals surface area contributed by atoms with Crippen LogP contribution in [0, 0.1) is 5.92 Å². The van der Waals surface area contributed by atoms with Crippen LogP contribution in [-0.2, 0) is 14.9 Å². The number of carbonyl (C=O) groups excluding carboxylic acids is 1. The van der Waals surface area contributed by atoms with Crippen molar-refractivity contribution < 1.29 is 9.53 Å². The van der Waals surface area contributed by atoms with E-state index in [2.05, 4.69) is 24.3 Å². The molecule has 2 aliphatic rings. The summed E-state index contributed by atoms with van der Waals surface area (Å²) in [4.78, 5) is 11.2. The topological polar surface area (TPSA) is 26.3 Å². The second-order valence-electron chi connectivity index (χ2n) is 5.46. The van der Waals surface area contributed by atoms with Crippen LogP contribution in [0.4, 0.5) is 0 Å². The lowest BCUT2D eigenvalue weighted by molar-refractivity contribution is -0.149. The summed E-state index contributed by atoms with van der Waals surface area (Å²) < 4.78 is 5.56. The molecule has 90 valence electrons. The smallest absolute Gasteiger partial charge is 0.302 e. The third-order valence-corrected chi connectivity index (χ3v) is 4.47. The summed E-state index contributed by atoms with van der Waals surface area (Å²) in [6.45, 7) is 1.52. The number of rotatable bonds is 2. The Bertz CT molecular complexity index is 426. The Morgan fingerprint density at radius 1 is 1.35 bits per heavy atom. The van der Waals surface area contributed by atoms with Crippen LogP contribution >= 0.6 is 0 Å². The Morgan fingerprint density at radius 3 is 2.76 bits per heavy atom. The molecule has 2 bridgehead atoms. The van der Waals surface area contributed by atoms with Gasteiger partial charge < -0.3 is 4.74 Å². The summed E-state index contributed by atoms with van der Waals surface area (Å²) in [6, 6.07) is 10.6. The van der Waals surface area contributed by atoms with Gasteiger partial charge in [-0.15, -0.1) is 0 Å². The first-order valence-electron chi connectivity index (χ1n) is 6.43. The minimum Gasteiger partial charge on any atom is -0.462 e. The fourth-order valence-electron chi connectivity index (χ4n) is 3.78. The molecule has 0 radical (unpaired) electrons. The van der Waals surface area contributed by atoms with Crippen LogP contribution in [0.2, 0.25) is 0 Å². The summed E-state index contributed by atoms with van der Waals surface area (Å²) in [5.74, 6) is 0.609. The Hall–Kier alpha value is -1.31. The molecule has 3 rings (SSSR count).